The number of nitrogens with zero attached hydrogens (tertiary/aromatic N) is 2. The molecule has 1 aliphatic heterocycles. The van der Waals surface area contributed by atoms with Crippen molar-refractivity contribution in [3.8, 4) is 11.8 Å². The number of carbonyl (C=O) groups is 3. The number of carboxylic acids is 1. The van der Waals surface area contributed by atoms with Crippen molar-refractivity contribution in [2.24, 2.45) is 5.92 Å². The number of aliphatic carboxylic acids is 1. The minimum absolute atomic E-state index is 0.0796. The van der Waals surface area contributed by atoms with Crippen LogP contribution in [-0.2, 0) is 14.3 Å². The van der Waals surface area contributed by atoms with Crippen molar-refractivity contribution in [2.45, 2.75) is 51.4 Å². The third-order valence-corrected chi connectivity index (χ3v) is 5.89. The molecule has 3 atom stereocenters. The quantitative estimate of drug-likeness (QED) is 0.649. The predicted octanol–water partition coefficient (Wildman–Crippen LogP) is 3.65. The average molecular weight is 465 g/mol. The largest absolute Gasteiger partial charge is 0.487 e. The summed E-state index contributed by atoms with van der Waals surface area (Å²) >= 11 is 0. The molecule has 1 heterocycles. The topological polar surface area (TPSA) is 117 Å². The Labute approximate surface area is 198 Å². The Bertz CT molecular complexity index is 1120. The normalized spacial score (nSPS) is 22.0. The van der Waals surface area contributed by atoms with Gasteiger partial charge in [-0.3, -0.25) is 9.59 Å². The molecule has 0 aromatic heterocycles. The summed E-state index contributed by atoms with van der Waals surface area (Å²) in [5.41, 5.74) is -1.93. The van der Waals surface area contributed by atoms with Crippen molar-refractivity contribution in [3.63, 3.8) is 0 Å². The maximum absolute atomic E-state index is 13.4. The Kier molecular flexibility index (Phi) is 6.96. The molecule has 1 saturated heterocycles. The molecule has 0 aliphatic carbocycles. The SMILES string of the molecule is CC(C)(C)OC(=O)C[C@H]1[C@H](Oc2ccccc2C#N)CN(C(=O)c2ccccc2)[C@]1(C)C(=O)O. The average Bonchev–Trinajstić information content (AvgIpc) is 3.05. The molecule has 0 unspecified atom stereocenters. The van der Waals surface area contributed by atoms with Gasteiger partial charge < -0.3 is 19.5 Å². The zero-order valence-electron chi connectivity index (χ0n) is 19.6. The molecule has 1 N–H and O–H groups in total. The summed E-state index contributed by atoms with van der Waals surface area (Å²) in [6.07, 6.45) is -1.14. The number of carbonyl (C=O) groups excluding carboxylic acids is 2. The Morgan fingerprint density at radius 2 is 1.74 bits per heavy atom. The van der Waals surface area contributed by atoms with Crippen molar-refractivity contribution in [1.82, 2.24) is 4.90 Å². The van der Waals surface area contributed by atoms with Gasteiger partial charge in [0, 0.05) is 11.5 Å². The lowest BCUT2D eigenvalue weighted by Gasteiger charge is -2.35. The molecule has 8 heteroatoms. The van der Waals surface area contributed by atoms with E-state index in [1.165, 1.54) is 11.8 Å². The minimum atomic E-state index is -1.75. The van der Waals surface area contributed by atoms with Gasteiger partial charge in [-0.2, -0.15) is 5.26 Å². The van der Waals surface area contributed by atoms with Gasteiger partial charge in [0.25, 0.3) is 5.91 Å². The van der Waals surface area contributed by atoms with E-state index < -0.39 is 41.0 Å². The van der Waals surface area contributed by atoms with Crippen LogP contribution in [-0.4, -0.2) is 51.6 Å². The fraction of sp³-hybridized carbons (Fsp3) is 0.385. The van der Waals surface area contributed by atoms with Crippen LogP contribution in [0.2, 0.25) is 0 Å². The smallest absolute Gasteiger partial charge is 0.329 e. The van der Waals surface area contributed by atoms with Crippen LogP contribution >= 0.6 is 0 Å². The molecule has 2 aromatic rings. The van der Waals surface area contributed by atoms with E-state index in [-0.39, 0.29) is 24.3 Å². The second-order valence-electron chi connectivity index (χ2n) is 9.40. The molecule has 8 nitrogen and oxygen atoms in total. The maximum atomic E-state index is 13.4. The number of nitriles is 1. The number of ether oxygens (including phenoxy) is 2. The molecule has 0 bridgehead atoms. The number of para-hydroxylation sites is 1. The number of likely N-dealkylation sites (tertiary alicyclic amines) is 1. The number of benzene rings is 2. The summed E-state index contributed by atoms with van der Waals surface area (Å²) in [4.78, 5) is 40.0. The summed E-state index contributed by atoms with van der Waals surface area (Å²) in [7, 11) is 0. The van der Waals surface area contributed by atoms with E-state index in [2.05, 4.69) is 0 Å². The number of esters is 1. The Hall–Kier alpha value is -3.86. The Balaban J connectivity index is 2.04. The summed E-state index contributed by atoms with van der Waals surface area (Å²) < 4.78 is 11.6. The lowest BCUT2D eigenvalue weighted by Crippen LogP contribution is -2.55. The van der Waals surface area contributed by atoms with Crippen molar-refractivity contribution in [1.29, 1.82) is 5.26 Å². The van der Waals surface area contributed by atoms with Crippen LogP contribution in [0.25, 0.3) is 0 Å². The van der Waals surface area contributed by atoms with Crippen molar-refractivity contribution in [3.05, 3.63) is 65.7 Å². The number of amides is 1. The highest BCUT2D eigenvalue weighted by Gasteiger charge is 2.59. The third kappa shape index (κ3) is 5.04. The lowest BCUT2D eigenvalue weighted by atomic mass is 9.82. The summed E-state index contributed by atoms with van der Waals surface area (Å²) in [6.45, 7) is 6.50. The fourth-order valence-corrected chi connectivity index (χ4v) is 4.20. The zero-order valence-corrected chi connectivity index (χ0v) is 19.6. The first-order valence-corrected chi connectivity index (χ1v) is 11.0. The standard InChI is InChI=1S/C26H28N2O6/c1-25(2,3)34-22(29)14-19-21(33-20-13-9-8-12-18(20)15-27)16-28(26(19,4)24(31)32)23(30)17-10-6-5-7-11-17/h5-13,19,21H,14,16H2,1-4H3,(H,31,32)/t19-,21+,26-/m0/s1. The van der Waals surface area contributed by atoms with Crippen molar-refractivity contribution in [2.75, 3.05) is 6.54 Å². The molecule has 0 radical (unpaired) electrons. The second-order valence-corrected chi connectivity index (χ2v) is 9.40. The first-order valence-electron chi connectivity index (χ1n) is 11.0. The van der Waals surface area contributed by atoms with Crippen LogP contribution in [0.4, 0.5) is 0 Å². The van der Waals surface area contributed by atoms with E-state index in [0.29, 0.717) is 5.56 Å². The second kappa shape index (κ2) is 9.56. The monoisotopic (exact) mass is 464 g/mol. The van der Waals surface area contributed by atoms with Crippen LogP contribution in [0.3, 0.4) is 0 Å². The molecule has 1 fully saturated rings. The van der Waals surface area contributed by atoms with Crippen LogP contribution in [0.1, 0.15) is 50.0 Å². The highest BCUT2D eigenvalue weighted by Crippen LogP contribution is 2.41. The molecule has 0 spiro atoms. The molecule has 3 rings (SSSR count). The van der Waals surface area contributed by atoms with E-state index in [1.807, 2.05) is 6.07 Å². The van der Waals surface area contributed by atoms with Gasteiger partial charge in [0.2, 0.25) is 0 Å². The van der Waals surface area contributed by atoms with Gasteiger partial charge in [-0.25, -0.2) is 4.79 Å². The molecule has 1 aliphatic rings. The van der Waals surface area contributed by atoms with Crippen LogP contribution in [0.5, 0.6) is 5.75 Å². The van der Waals surface area contributed by atoms with Gasteiger partial charge in [0.1, 0.15) is 29.1 Å². The summed E-state index contributed by atoms with van der Waals surface area (Å²) in [5, 5.41) is 19.7. The molecular formula is C26H28N2O6. The number of carboxylic acid groups (broad SMARTS) is 1. The molecule has 178 valence electrons. The van der Waals surface area contributed by atoms with Gasteiger partial charge in [-0.05, 0) is 52.0 Å². The van der Waals surface area contributed by atoms with E-state index in [0.717, 1.165) is 0 Å². The number of hydrogen-bond acceptors (Lipinski definition) is 6. The van der Waals surface area contributed by atoms with E-state index >= 15 is 0 Å². The van der Waals surface area contributed by atoms with Gasteiger partial charge in [-0.15, -0.1) is 0 Å². The predicted molar refractivity (Wildman–Crippen MR) is 123 cm³/mol. The number of rotatable bonds is 6. The minimum Gasteiger partial charge on any atom is -0.487 e. The van der Waals surface area contributed by atoms with Gasteiger partial charge >= 0.3 is 11.9 Å². The first-order chi connectivity index (χ1) is 16.0. The van der Waals surface area contributed by atoms with E-state index in [9.17, 15) is 24.8 Å². The van der Waals surface area contributed by atoms with Gasteiger partial charge in [-0.1, -0.05) is 30.3 Å². The van der Waals surface area contributed by atoms with E-state index in [1.54, 1.807) is 75.4 Å². The van der Waals surface area contributed by atoms with Crippen LogP contribution in [0, 0.1) is 17.2 Å². The number of hydrogen-bond donors (Lipinski definition) is 1. The molecule has 2 aromatic carbocycles. The first kappa shape index (κ1) is 24.8. The fourth-order valence-electron chi connectivity index (χ4n) is 4.20. The lowest BCUT2D eigenvalue weighted by molar-refractivity contribution is -0.159. The Morgan fingerprint density at radius 3 is 2.32 bits per heavy atom. The van der Waals surface area contributed by atoms with E-state index in [4.69, 9.17) is 9.47 Å². The van der Waals surface area contributed by atoms with Crippen LogP contribution in [0.15, 0.2) is 54.6 Å². The van der Waals surface area contributed by atoms with Crippen molar-refractivity contribution >= 4 is 17.8 Å². The molecule has 1 amide bonds. The van der Waals surface area contributed by atoms with Gasteiger partial charge in [0.15, 0.2) is 0 Å². The highest BCUT2D eigenvalue weighted by atomic mass is 16.6. The molecule has 0 saturated carbocycles. The molecular weight excluding hydrogens is 436 g/mol. The Morgan fingerprint density at radius 1 is 1.12 bits per heavy atom. The highest BCUT2D eigenvalue weighted by molar-refractivity contribution is 5.98. The summed E-state index contributed by atoms with van der Waals surface area (Å²) in [6, 6.07) is 17.0. The molecule has 34 heavy (non-hydrogen) atoms. The van der Waals surface area contributed by atoms with Crippen molar-refractivity contribution < 1.29 is 29.0 Å². The maximum Gasteiger partial charge on any atom is 0.329 e. The van der Waals surface area contributed by atoms with Gasteiger partial charge in [0.05, 0.1) is 18.5 Å². The van der Waals surface area contributed by atoms with Crippen LogP contribution < -0.4 is 4.74 Å². The zero-order chi connectivity index (χ0) is 25.1. The summed E-state index contributed by atoms with van der Waals surface area (Å²) in [5.74, 6) is -3.02. The third-order valence-electron chi connectivity index (χ3n) is 5.89.